The molecule has 126 valence electrons. The summed E-state index contributed by atoms with van der Waals surface area (Å²) >= 11 is 6.05. The monoisotopic (exact) mass is 380 g/mol. The molecule has 1 saturated heterocycles. The minimum atomic E-state index is -3.94. The standard InChI is InChI=1S/C11H13ClN4O5S2/c1-15-14-13-9-6-8(12)10(7-11(9)22(15,17)18)23(19,20)16-2-4-21-5-3-16/h6-7H,2-5H2,1H3. The van der Waals surface area contributed by atoms with Crippen molar-refractivity contribution in [3.8, 4) is 0 Å². The number of nitrogens with zero attached hydrogens (tertiary/aromatic N) is 4. The second-order valence-corrected chi connectivity index (χ2v) is 9.13. The van der Waals surface area contributed by atoms with Crippen LogP contribution in [0.25, 0.3) is 0 Å². The van der Waals surface area contributed by atoms with E-state index in [0.29, 0.717) is 4.41 Å². The predicted molar refractivity (Wildman–Crippen MR) is 80.5 cm³/mol. The van der Waals surface area contributed by atoms with Gasteiger partial charge in [-0.05, 0) is 12.1 Å². The van der Waals surface area contributed by atoms with Gasteiger partial charge < -0.3 is 4.74 Å². The van der Waals surface area contributed by atoms with Crippen LogP contribution in [0.5, 0.6) is 0 Å². The lowest BCUT2D eigenvalue weighted by Gasteiger charge is -2.27. The fourth-order valence-electron chi connectivity index (χ4n) is 2.23. The van der Waals surface area contributed by atoms with Gasteiger partial charge in [-0.1, -0.05) is 16.8 Å². The van der Waals surface area contributed by atoms with E-state index in [1.54, 1.807) is 0 Å². The van der Waals surface area contributed by atoms with E-state index in [1.165, 1.54) is 17.4 Å². The summed E-state index contributed by atoms with van der Waals surface area (Å²) in [6, 6.07) is 2.23. The third-order valence-corrected chi connectivity index (χ3v) is 7.52. The zero-order chi connectivity index (χ0) is 16.8. The Bertz CT molecular complexity index is 878. The minimum absolute atomic E-state index is 0.00836. The molecule has 0 spiro atoms. The first-order valence-electron chi connectivity index (χ1n) is 6.56. The number of halogens is 1. The fourth-order valence-corrected chi connectivity index (χ4v) is 5.29. The van der Waals surface area contributed by atoms with Crippen molar-refractivity contribution in [3.05, 3.63) is 17.2 Å². The van der Waals surface area contributed by atoms with Crippen molar-refractivity contribution in [2.45, 2.75) is 9.79 Å². The van der Waals surface area contributed by atoms with E-state index in [1.807, 2.05) is 0 Å². The van der Waals surface area contributed by atoms with Crippen LogP contribution in [0.15, 0.2) is 32.3 Å². The number of fused-ring (bicyclic) bond motifs is 1. The molecule has 2 aliphatic heterocycles. The molecule has 0 N–H and O–H groups in total. The van der Waals surface area contributed by atoms with Gasteiger partial charge in [0.05, 0.1) is 18.2 Å². The lowest BCUT2D eigenvalue weighted by molar-refractivity contribution is 0.0730. The molecule has 12 heteroatoms. The normalized spacial score (nSPS) is 21.2. The quantitative estimate of drug-likeness (QED) is 0.760. The second-order valence-electron chi connectivity index (χ2n) is 4.90. The van der Waals surface area contributed by atoms with Crippen LogP contribution in [0.2, 0.25) is 5.02 Å². The van der Waals surface area contributed by atoms with Crippen LogP contribution < -0.4 is 0 Å². The molecule has 0 aliphatic carbocycles. The Kier molecular flexibility index (Phi) is 4.09. The van der Waals surface area contributed by atoms with E-state index in [4.69, 9.17) is 16.3 Å². The van der Waals surface area contributed by atoms with Crippen molar-refractivity contribution >= 4 is 37.3 Å². The van der Waals surface area contributed by atoms with E-state index in [9.17, 15) is 16.8 Å². The van der Waals surface area contributed by atoms with Crippen LogP contribution >= 0.6 is 11.6 Å². The maximum Gasteiger partial charge on any atom is 0.282 e. The Morgan fingerprint density at radius 1 is 1.26 bits per heavy atom. The van der Waals surface area contributed by atoms with E-state index in [0.717, 1.165) is 6.07 Å². The summed E-state index contributed by atoms with van der Waals surface area (Å²) in [6.07, 6.45) is 0. The van der Waals surface area contributed by atoms with Crippen molar-refractivity contribution in [2.75, 3.05) is 33.4 Å². The Hall–Kier alpha value is -1.27. The van der Waals surface area contributed by atoms with Crippen LogP contribution in [-0.4, -0.2) is 58.9 Å². The van der Waals surface area contributed by atoms with Gasteiger partial charge in [0, 0.05) is 20.1 Å². The second kappa shape index (κ2) is 5.67. The van der Waals surface area contributed by atoms with Crippen molar-refractivity contribution in [1.29, 1.82) is 0 Å². The summed E-state index contributed by atoms with van der Waals surface area (Å²) in [5, 5.41) is 7.10. The average molecular weight is 381 g/mol. The molecule has 0 unspecified atom stereocenters. The third kappa shape index (κ3) is 2.72. The largest absolute Gasteiger partial charge is 0.379 e. The van der Waals surface area contributed by atoms with E-state index < -0.39 is 20.0 Å². The van der Waals surface area contributed by atoms with Gasteiger partial charge >= 0.3 is 0 Å². The van der Waals surface area contributed by atoms with Gasteiger partial charge in [-0.2, -0.15) is 17.1 Å². The van der Waals surface area contributed by atoms with Crippen molar-refractivity contribution < 1.29 is 21.6 Å². The number of morpholine rings is 1. The molecule has 0 saturated carbocycles. The summed E-state index contributed by atoms with van der Waals surface area (Å²) in [4.78, 5) is -0.514. The first-order valence-corrected chi connectivity index (χ1v) is 9.82. The number of hydrogen-bond donors (Lipinski definition) is 0. The Morgan fingerprint density at radius 2 is 1.91 bits per heavy atom. The lowest BCUT2D eigenvalue weighted by Crippen LogP contribution is -2.40. The van der Waals surface area contributed by atoms with E-state index in [-0.39, 0.29) is 46.8 Å². The number of rotatable bonds is 2. The molecule has 0 atom stereocenters. The highest BCUT2D eigenvalue weighted by Crippen LogP contribution is 2.38. The molecule has 0 amide bonds. The van der Waals surface area contributed by atoms with Gasteiger partial charge in [-0.25, -0.2) is 8.42 Å². The summed E-state index contributed by atoms with van der Waals surface area (Å²) in [6.45, 7) is 0.915. The van der Waals surface area contributed by atoms with Crippen molar-refractivity contribution in [3.63, 3.8) is 0 Å². The molecule has 1 aromatic rings. The van der Waals surface area contributed by atoms with E-state index >= 15 is 0 Å². The Morgan fingerprint density at radius 3 is 2.57 bits per heavy atom. The van der Waals surface area contributed by atoms with E-state index in [2.05, 4.69) is 10.3 Å². The van der Waals surface area contributed by atoms with Gasteiger partial charge in [0.15, 0.2) is 0 Å². The SMILES string of the molecule is CN1N=Nc2cc(Cl)c(S(=O)(=O)N3CCOCC3)cc2S1(=O)=O. The topological polar surface area (TPSA) is 109 Å². The van der Waals surface area contributed by atoms with Crippen molar-refractivity contribution in [2.24, 2.45) is 10.3 Å². The van der Waals surface area contributed by atoms with Gasteiger partial charge in [-0.15, -0.1) is 5.11 Å². The molecule has 23 heavy (non-hydrogen) atoms. The third-order valence-electron chi connectivity index (χ3n) is 3.51. The maximum atomic E-state index is 12.7. The summed E-state index contributed by atoms with van der Waals surface area (Å²) in [5.41, 5.74) is 0.00836. The first kappa shape index (κ1) is 16.6. The van der Waals surface area contributed by atoms with Crippen LogP contribution in [0.1, 0.15) is 0 Å². The fraction of sp³-hybridized carbons (Fsp3) is 0.455. The van der Waals surface area contributed by atoms with Crippen LogP contribution in [-0.2, 0) is 24.8 Å². The number of ether oxygens (including phenoxy) is 1. The molecule has 0 bridgehead atoms. The number of benzene rings is 1. The van der Waals surface area contributed by atoms with Gasteiger partial charge in [-0.3, -0.25) is 0 Å². The van der Waals surface area contributed by atoms with Crippen LogP contribution in [0.3, 0.4) is 0 Å². The molecular weight excluding hydrogens is 368 g/mol. The van der Waals surface area contributed by atoms with Gasteiger partial charge in [0.2, 0.25) is 10.0 Å². The first-order chi connectivity index (χ1) is 10.7. The smallest absolute Gasteiger partial charge is 0.282 e. The zero-order valence-corrected chi connectivity index (χ0v) is 14.4. The minimum Gasteiger partial charge on any atom is -0.379 e. The maximum absolute atomic E-state index is 12.7. The average Bonchev–Trinajstić information content (AvgIpc) is 2.51. The molecule has 1 aromatic carbocycles. The molecule has 0 radical (unpaired) electrons. The summed E-state index contributed by atoms with van der Waals surface area (Å²) in [7, 11) is -6.66. The summed E-state index contributed by atoms with van der Waals surface area (Å²) in [5.74, 6) is 0. The van der Waals surface area contributed by atoms with Crippen molar-refractivity contribution in [1.82, 2.24) is 8.72 Å². The highest BCUT2D eigenvalue weighted by Gasteiger charge is 2.34. The van der Waals surface area contributed by atoms with Gasteiger partial charge in [0.25, 0.3) is 10.0 Å². The van der Waals surface area contributed by atoms with Crippen LogP contribution in [0.4, 0.5) is 5.69 Å². The van der Waals surface area contributed by atoms with Gasteiger partial charge in [0.1, 0.15) is 15.5 Å². The molecule has 2 aliphatic rings. The Labute approximate surface area is 138 Å². The molecule has 3 rings (SSSR count). The molecule has 9 nitrogen and oxygen atoms in total. The highest BCUT2D eigenvalue weighted by molar-refractivity contribution is 7.90. The number of hydrogen-bond acceptors (Lipinski definition) is 7. The van der Waals surface area contributed by atoms with Crippen LogP contribution in [0, 0.1) is 0 Å². The lowest BCUT2D eigenvalue weighted by atomic mass is 10.3. The highest BCUT2D eigenvalue weighted by atomic mass is 35.5. The Balaban J connectivity index is 2.15. The zero-order valence-electron chi connectivity index (χ0n) is 12.0. The number of sulfonamides is 2. The predicted octanol–water partition coefficient (Wildman–Crippen LogP) is 0.994. The summed E-state index contributed by atoms with van der Waals surface area (Å²) < 4.78 is 57.0. The molecular formula is C11H13ClN4O5S2. The molecule has 0 aromatic heterocycles. The molecule has 2 heterocycles. The molecule has 1 fully saturated rings.